The van der Waals surface area contributed by atoms with Crippen LogP contribution >= 0.6 is 15.9 Å². The van der Waals surface area contributed by atoms with Crippen molar-refractivity contribution in [1.29, 1.82) is 0 Å². The van der Waals surface area contributed by atoms with Crippen LogP contribution in [0.2, 0.25) is 0 Å². The molecule has 0 N–H and O–H groups in total. The molecule has 0 aliphatic rings. The summed E-state index contributed by atoms with van der Waals surface area (Å²) in [5.74, 6) is 1.08. The van der Waals surface area contributed by atoms with E-state index >= 15 is 0 Å². The molecule has 0 aliphatic heterocycles. The maximum atomic E-state index is 4.61. The summed E-state index contributed by atoms with van der Waals surface area (Å²) in [7, 11) is 0. The number of halogens is 1. The van der Waals surface area contributed by atoms with Gasteiger partial charge >= 0.3 is 0 Å². The van der Waals surface area contributed by atoms with Crippen LogP contribution in [0.3, 0.4) is 0 Å². The molecule has 0 saturated carbocycles. The summed E-state index contributed by atoms with van der Waals surface area (Å²) in [6.07, 6.45) is 4.52. The number of aryl methyl sites for hydroxylation is 2. The van der Waals surface area contributed by atoms with Crippen molar-refractivity contribution in [2.24, 2.45) is 0 Å². The Morgan fingerprint density at radius 2 is 1.94 bits per heavy atom. The number of aromatic nitrogens is 2. The molecule has 17 heavy (non-hydrogen) atoms. The molecule has 3 heteroatoms. The summed E-state index contributed by atoms with van der Waals surface area (Å²) in [4.78, 5) is 4.61. The van der Waals surface area contributed by atoms with Crippen LogP contribution in [0.5, 0.6) is 0 Å². The second-order valence-corrected chi connectivity index (χ2v) is 4.95. The van der Waals surface area contributed by atoms with E-state index in [0.717, 1.165) is 23.4 Å². The van der Waals surface area contributed by atoms with Crippen LogP contribution in [-0.2, 0) is 6.54 Å². The first-order valence-electron chi connectivity index (χ1n) is 5.96. The van der Waals surface area contributed by atoms with E-state index in [9.17, 15) is 0 Å². The van der Waals surface area contributed by atoms with Gasteiger partial charge in [0, 0.05) is 23.6 Å². The third kappa shape index (κ3) is 3.19. The Bertz CT molecular complexity index is 462. The number of hydrogen-bond donors (Lipinski definition) is 0. The number of benzene rings is 1. The first kappa shape index (κ1) is 12.4. The normalized spacial score (nSPS) is 10.7. The Kier molecular flexibility index (Phi) is 4.37. The van der Waals surface area contributed by atoms with Crippen LogP contribution in [-0.4, -0.2) is 14.9 Å². The minimum Gasteiger partial charge on any atom is -0.331 e. The molecule has 1 aromatic carbocycles. The molecular weight excluding hydrogens is 276 g/mol. The Balaban J connectivity index is 2.22. The highest BCUT2D eigenvalue weighted by Gasteiger charge is 2.07. The van der Waals surface area contributed by atoms with Crippen molar-refractivity contribution in [3.05, 3.63) is 42.2 Å². The summed E-state index contributed by atoms with van der Waals surface area (Å²) in [6.45, 7) is 3.09. The Morgan fingerprint density at radius 1 is 1.18 bits per heavy atom. The molecule has 0 unspecified atom stereocenters. The van der Waals surface area contributed by atoms with Gasteiger partial charge in [-0.05, 0) is 19.8 Å². The molecule has 0 saturated heterocycles. The first-order valence-corrected chi connectivity index (χ1v) is 7.08. The zero-order valence-electron chi connectivity index (χ0n) is 10.1. The molecule has 2 nitrogen and oxygen atoms in total. The first-order chi connectivity index (χ1) is 8.31. The largest absolute Gasteiger partial charge is 0.331 e. The predicted octanol–water partition coefficient (Wildman–Crippen LogP) is 4.03. The molecule has 2 rings (SSSR count). The minimum atomic E-state index is 1.04. The summed E-state index contributed by atoms with van der Waals surface area (Å²) in [5, 5.41) is 1.07. The maximum absolute atomic E-state index is 4.61. The van der Waals surface area contributed by atoms with Gasteiger partial charge in [0.15, 0.2) is 0 Å². The average molecular weight is 293 g/mol. The maximum Gasteiger partial charge on any atom is 0.140 e. The van der Waals surface area contributed by atoms with Gasteiger partial charge in [0.25, 0.3) is 0 Å². The molecule has 1 heterocycles. The second kappa shape index (κ2) is 6.01. The van der Waals surface area contributed by atoms with Crippen LogP contribution in [0.1, 0.15) is 18.5 Å². The van der Waals surface area contributed by atoms with E-state index in [1.165, 1.54) is 18.4 Å². The SMILES string of the molecule is Cc1cn(CCCCBr)c(-c2ccccc2)n1. The molecule has 0 radical (unpaired) electrons. The van der Waals surface area contributed by atoms with E-state index in [2.05, 4.69) is 55.9 Å². The summed E-state index contributed by atoms with van der Waals surface area (Å²) < 4.78 is 2.26. The predicted molar refractivity (Wildman–Crippen MR) is 75.4 cm³/mol. The number of unbranched alkanes of at least 4 members (excludes halogenated alkanes) is 1. The van der Waals surface area contributed by atoms with Crippen molar-refractivity contribution in [2.45, 2.75) is 26.3 Å². The quantitative estimate of drug-likeness (QED) is 0.601. The molecule has 0 atom stereocenters. The van der Waals surface area contributed by atoms with Gasteiger partial charge in [-0.3, -0.25) is 0 Å². The van der Waals surface area contributed by atoms with Gasteiger partial charge in [-0.25, -0.2) is 4.98 Å². The zero-order valence-corrected chi connectivity index (χ0v) is 11.7. The fraction of sp³-hybridized carbons (Fsp3) is 0.357. The van der Waals surface area contributed by atoms with Crippen molar-refractivity contribution in [2.75, 3.05) is 5.33 Å². The molecule has 0 spiro atoms. The van der Waals surface area contributed by atoms with E-state index in [-0.39, 0.29) is 0 Å². The topological polar surface area (TPSA) is 17.8 Å². The second-order valence-electron chi connectivity index (χ2n) is 4.16. The lowest BCUT2D eigenvalue weighted by atomic mass is 10.2. The van der Waals surface area contributed by atoms with Gasteiger partial charge in [-0.15, -0.1) is 0 Å². The lowest BCUT2D eigenvalue weighted by Gasteiger charge is -2.06. The van der Waals surface area contributed by atoms with E-state index in [4.69, 9.17) is 0 Å². The number of rotatable bonds is 5. The minimum absolute atomic E-state index is 1.04. The van der Waals surface area contributed by atoms with Crippen molar-refractivity contribution in [3.8, 4) is 11.4 Å². The van der Waals surface area contributed by atoms with Crippen LogP contribution < -0.4 is 0 Å². The summed E-state index contributed by atoms with van der Waals surface area (Å²) in [6, 6.07) is 10.4. The molecule has 0 amide bonds. The van der Waals surface area contributed by atoms with Crippen molar-refractivity contribution < 1.29 is 0 Å². The fourth-order valence-corrected chi connectivity index (χ4v) is 2.31. The standard InChI is InChI=1S/C14H17BrN2/c1-12-11-17(10-6-5-9-15)14(16-12)13-7-3-2-4-8-13/h2-4,7-8,11H,5-6,9-10H2,1H3. The van der Waals surface area contributed by atoms with Crippen LogP contribution in [0.4, 0.5) is 0 Å². The molecule has 0 bridgehead atoms. The molecule has 90 valence electrons. The monoisotopic (exact) mass is 292 g/mol. The highest BCUT2D eigenvalue weighted by atomic mass is 79.9. The van der Waals surface area contributed by atoms with E-state index in [1.54, 1.807) is 0 Å². The highest BCUT2D eigenvalue weighted by Crippen LogP contribution is 2.19. The van der Waals surface area contributed by atoms with E-state index in [1.807, 2.05) is 13.0 Å². The van der Waals surface area contributed by atoms with Crippen molar-refractivity contribution in [3.63, 3.8) is 0 Å². The lowest BCUT2D eigenvalue weighted by molar-refractivity contribution is 0.641. The summed E-state index contributed by atoms with van der Waals surface area (Å²) in [5.41, 5.74) is 2.28. The van der Waals surface area contributed by atoms with Crippen LogP contribution in [0.15, 0.2) is 36.5 Å². The third-order valence-electron chi connectivity index (χ3n) is 2.71. The Labute approximate surface area is 111 Å². The van der Waals surface area contributed by atoms with E-state index < -0.39 is 0 Å². The summed E-state index contributed by atoms with van der Waals surface area (Å²) >= 11 is 3.47. The molecule has 1 aromatic heterocycles. The number of nitrogens with zero attached hydrogens (tertiary/aromatic N) is 2. The van der Waals surface area contributed by atoms with Gasteiger partial charge in [0.1, 0.15) is 5.82 Å². The van der Waals surface area contributed by atoms with Gasteiger partial charge in [0.2, 0.25) is 0 Å². The molecule has 0 aliphatic carbocycles. The molecular formula is C14H17BrN2. The number of alkyl halides is 1. The number of hydrogen-bond acceptors (Lipinski definition) is 1. The Hall–Kier alpha value is -1.09. The third-order valence-corrected chi connectivity index (χ3v) is 3.27. The zero-order chi connectivity index (χ0) is 12.1. The highest BCUT2D eigenvalue weighted by molar-refractivity contribution is 9.09. The Morgan fingerprint density at radius 3 is 2.65 bits per heavy atom. The van der Waals surface area contributed by atoms with E-state index in [0.29, 0.717) is 0 Å². The molecule has 2 aromatic rings. The van der Waals surface area contributed by atoms with Crippen molar-refractivity contribution in [1.82, 2.24) is 9.55 Å². The average Bonchev–Trinajstić information content (AvgIpc) is 2.72. The fourth-order valence-electron chi connectivity index (χ4n) is 1.91. The van der Waals surface area contributed by atoms with Crippen LogP contribution in [0, 0.1) is 6.92 Å². The van der Waals surface area contributed by atoms with Gasteiger partial charge in [0.05, 0.1) is 5.69 Å². The number of imidazole rings is 1. The van der Waals surface area contributed by atoms with Gasteiger partial charge in [-0.2, -0.15) is 0 Å². The smallest absolute Gasteiger partial charge is 0.140 e. The van der Waals surface area contributed by atoms with Gasteiger partial charge in [-0.1, -0.05) is 46.3 Å². The lowest BCUT2D eigenvalue weighted by Crippen LogP contribution is -1.99. The molecule has 0 fully saturated rings. The van der Waals surface area contributed by atoms with Crippen molar-refractivity contribution >= 4 is 15.9 Å². The van der Waals surface area contributed by atoms with Gasteiger partial charge < -0.3 is 4.57 Å². The van der Waals surface area contributed by atoms with Crippen LogP contribution in [0.25, 0.3) is 11.4 Å².